The van der Waals surface area contributed by atoms with Crippen LogP contribution in [0.1, 0.15) is 41.1 Å². The first-order valence-electron chi connectivity index (χ1n) is 6.80. The molecule has 0 N–H and O–H groups in total. The third-order valence-corrected chi connectivity index (χ3v) is 3.36. The lowest BCUT2D eigenvalue weighted by molar-refractivity contribution is -0.0757. The Labute approximate surface area is 121 Å². The van der Waals surface area contributed by atoms with Gasteiger partial charge < -0.3 is 0 Å². The standard InChI is InChI=1S/C17H23NO2/c1-5-7-8-11-14(6-2)15-12-9-10-13-16(15)17(19)18(3)20-4/h5-6,9-10,12-14H,1-2,7-8,11H2,3-4H3. The van der Waals surface area contributed by atoms with E-state index in [4.69, 9.17) is 4.84 Å². The average Bonchev–Trinajstić information content (AvgIpc) is 2.50. The number of hydrogen-bond donors (Lipinski definition) is 0. The van der Waals surface area contributed by atoms with Gasteiger partial charge in [0, 0.05) is 18.5 Å². The Hall–Kier alpha value is -1.87. The molecule has 0 aliphatic carbocycles. The largest absolute Gasteiger partial charge is 0.277 e. The lowest BCUT2D eigenvalue weighted by Gasteiger charge is -2.20. The molecule has 108 valence electrons. The van der Waals surface area contributed by atoms with Gasteiger partial charge in [-0.25, -0.2) is 5.06 Å². The zero-order chi connectivity index (χ0) is 15.0. The molecule has 3 nitrogen and oxygen atoms in total. The molecule has 0 saturated heterocycles. The van der Waals surface area contributed by atoms with Crippen LogP contribution < -0.4 is 0 Å². The highest BCUT2D eigenvalue weighted by Crippen LogP contribution is 2.27. The molecule has 0 spiro atoms. The normalized spacial score (nSPS) is 11.7. The van der Waals surface area contributed by atoms with Gasteiger partial charge in [0.05, 0.1) is 7.11 Å². The van der Waals surface area contributed by atoms with E-state index in [1.807, 2.05) is 36.4 Å². The Morgan fingerprint density at radius 1 is 1.40 bits per heavy atom. The van der Waals surface area contributed by atoms with Crippen molar-refractivity contribution in [3.8, 4) is 0 Å². The molecule has 20 heavy (non-hydrogen) atoms. The molecule has 0 heterocycles. The number of amides is 1. The summed E-state index contributed by atoms with van der Waals surface area (Å²) in [6, 6.07) is 7.63. The highest BCUT2D eigenvalue weighted by Gasteiger charge is 2.19. The summed E-state index contributed by atoms with van der Waals surface area (Å²) >= 11 is 0. The number of rotatable bonds is 8. The third-order valence-electron chi connectivity index (χ3n) is 3.36. The zero-order valence-electron chi connectivity index (χ0n) is 12.3. The van der Waals surface area contributed by atoms with E-state index in [1.165, 1.54) is 12.2 Å². The summed E-state index contributed by atoms with van der Waals surface area (Å²) in [4.78, 5) is 17.3. The van der Waals surface area contributed by atoms with Crippen LogP contribution in [-0.4, -0.2) is 25.1 Å². The zero-order valence-corrected chi connectivity index (χ0v) is 12.3. The Morgan fingerprint density at radius 2 is 2.10 bits per heavy atom. The number of hydroxylamine groups is 2. The first-order chi connectivity index (χ1) is 9.65. The van der Waals surface area contributed by atoms with E-state index in [0.29, 0.717) is 5.56 Å². The van der Waals surface area contributed by atoms with Crippen LogP contribution in [0.15, 0.2) is 49.6 Å². The van der Waals surface area contributed by atoms with E-state index in [2.05, 4.69) is 13.2 Å². The summed E-state index contributed by atoms with van der Waals surface area (Å²) in [6.45, 7) is 7.63. The van der Waals surface area contributed by atoms with Crippen LogP contribution in [0.3, 0.4) is 0 Å². The van der Waals surface area contributed by atoms with Gasteiger partial charge in [0.15, 0.2) is 0 Å². The van der Waals surface area contributed by atoms with Crippen molar-refractivity contribution in [1.29, 1.82) is 0 Å². The van der Waals surface area contributed by atoms with Crippen LogP contribution in [-0.2, 0) is 4.84 Å². The second kappa shape index (κ2) is 8.33. The Kier molecular flexibility index (Phi) is 6.74. The Morgan fingerprint density at radius 3 is 2.70 bits per heavy atom. The van der Waals surface area contributed by atoms with Crippen molar-refractivity contribution in [3.63, 3.8) is 0 Å². The monoisotopic (exact) mass is 273 g/mol. The van der Waals surface area contributed by atoms with Gasteiger partial charge in [-0.3, -0.25) is 9.63 Å². The van der Waals surface area contributed by atoms with E-state index in [-0.39, 0.29) is 11.8 Å². The van der Waals surface area contributed by atoms with Gasteiger partial charge in [-0.05, 0) is 30.9 Å². The van der Waals surface area contributed by atoms with Crippen LogP contribution >= 0.6 is 0 Å². The molecule has 0 bridgehead atoms. The van der Waals surface area contributed by atoms with Crippen molar-refractivity contribution < 1.29 is 9.63 Å². The molecule has 0 radical (unpaired) electrons. The lowest BCUT2D eigenvalue weighted by Crippen LogP contribution is -2.26. The van der Waals surface area contributed by atoms with E-state index >= 15 is 0 Å². The van der Waals surface area contributed by atoms with Gasteiger partial charge in [0.1, 0.15) is 0 Å². The predicted molar refractivity (Wildman–Crippen MR) is 82.5 cm³/mol. The minimum absolute atomic E-state index is 0.140. The molecule has 0 aromatic heterocycles. The molecule has 1 atom stereocenters. The fraction of sp³-hybridized carbons (Fsp3) is 0.353. The molecule has 1 amide bonds. The highest BCUT2D eigenvalue weighted by molar-refractivity contribution is 5.95. The Bertz CT molecular complexity index is 468. The molecule has 1 aromatic carbocycles. The van der Waals surface area contributed by atoms with E-state index in [1.54, 1.807) is 7.05 Å². The second-order valence-corrected chi connectivity index (χ2v) is 4.63. The van der Waals surface area contributed by atoms with Gasteiger partial charge in [0.25, 0.3) is 5.91 Å². The summed E-state index contributed by atoms with van der Waals surface area (Å²) in [7, 11) is 3.09. The van der Waals surface area contributed by atoms with Gasteiger partial charge in [-0.1, -0.05) is 30.4 Å². The molecule has 0 fully saturated rings. The lowest BCUT2D eigenvalue weighted by atomic mass is 9.89. The molecule has 3 heteroatoms. The number of nitrogens with zero attached hydrogens (tertiary/aromatic N) is 1. The van der Waals surface area contributed by atoms with Crippen molar-refractivity contribution in [2.24, 2.45) is 0 Å². The molecule has 1 unspecified atom stereocenters. The molecule has 1 rings (SSSR count). The van der Waals surface area contributed by atoms with Crippen molar-refractivity contribution >= 4 is 5.91 Å². The Balaban J connectivity index is 3.00. The summed E-state index contributed by atoms with van der Waals surface area (Å²) in [6.07, 6.45) is 6.77. The van der Waals surface area contributed by atoms with Crippen molar-refractivity contribution in [2.45, 2.75) is 25.2 Å². The van der Waals surface area contributed by atoms with E-state index < -0.39 is 0 Å². The summed E-state index contributed by atoms with van der Waals surface area (Å²) in [5.74, 6) is 0.0269. The first kappa shape index (κ1) is 16.2. The number of carbonyl (C=O) groups is 1. The minimum atomic E-state index is -0.140. The molecular weight excluding hydrogens is 250 g/mol. The molecule has 0 aliphatic rings. The minimum Gasteiger partial charge on any atom is -0.274 e. The number of benzene rings is 1. The number of allylic oxidation sites excluding steroid dienone is 2. The molecular formula is C17H23NO2. The van der Waals surface area contributed by atoms with Crippen LogP contribution in [0.25, 0.3) is 0 Å². The van der Waals surface area contributed by atoms with E-state index in [9.17, 15) is 4.79 Å². The van der Waals surface area contributed by atoms with Crippen molar-refractivity contribution in [3.05, 3.63) is 60.7 Å². The maximum Gasteiger partial charge on any atom is 0.277 e. The summed E-state index contributed by atoms with van der Waals surface area (Å²) < 4.78 is 0. The fourth-order valence-corrected chi connectivity index (χ4v) is 2.15. The molecule has 0 aliphatic heterocycles. The summed E-state index contributed by atoms with van der Waals surface area (Å²) in [5.41, 5.74) is 1.67. The average molecular weight is 273 g/mol. The quantitative estimate of drug-likeness (QED) is 0.408. The summed E-state index contributed by atoms with van der Waals surface area (Å²) in [5, 5.41) is 1.24. The number of carbonyl (C=O) groups excluding carboxylic acids is 1. The van der Waals surface area contributed by atoms with Crippen LogP contribution in [0.2, 0.25) is 0 Å². The second-order valence-electron chi connectivity index (χ2n) is 4.63. The SMILES string of the molecule is C=CCCCC(C=C)c1ccccc1C(=O)N(C)OC. The number of unbranched alkanes of at least 4 members (excludes halogenated alkanes) is 1. The third kappa shape index (κ3) is 4.07. The smallest absolute Gasteiger partial charge is 0.274 e. The van der Waals surface area contributed by atoms with Crippen molar-refractivity contribution in [1.82, 2.24) is 5.06 Å². The van der Waals surface area contributed by atoms with Gasteiger partial charge >= 0.3 is 0 Å². The van der Waals surface area contributed by atoms with E-state index in [0.717, 1.165) is 24.8 Å². The topological polar surface area (TPSA) is 29.5 Å². The van der Waals surface area contributed by atoms with Crippen molar-refractivity contribution in [2.75, 3.05) is 14.2 Å². The fourth-order valence-electron chi connectivity index (χ4n) is 2.15. The van der Waals surface area contributed by atoms with Gasteiger partial charge in [-0.2, -0.15) is 0 Å². The highest BCUT2D eigenvalue weighted by atomic mass is 16.7. The molecule has 1 aromatic rings. The maximum atomic E-state index is 12.3. The van der Waals surface area contributed by atoms with Crippen LogP contribution in [0.4, 0.5) is 0 Å². The number of hydrogen-bond acceptors (Lipinski definition) is 2. The van der Waals surface area contributed by atoms with Crippen LogP contribution in [0.5, 0.6) is 0 Å². The van der Waals surface area contributed by atoms with Gasteiger partial charge in [0.2, 0.25) is 0 Å². The maximum absolute atomic E-state index is 12.3. The first-order valence-corrected chi connectivity index (χ1v) is 6.80. The van der Waals surface area contributed by atoms with Crippen LogP contribution in [0, 0.1) is 0 Å². The van der Waals surface area contributed by atoms with Gasteiger partial charge in [-0.15, -0.1) is 13.2 Å². The molecule has 0 saturated carbocycles. The predicted octanol–water partition coefficient (Wildman–Crippen LogP) is 3.95.